The third kappa shape index (κ3) is 3.33. The molecule has 0 bridgehead atoms. The van der Waals surface area contributed by atoms with Crippen molar-refractivity contribution >= 4 is 5.65 Å². The van der Waals surface area contributed by atoms with Crippen molar-refractivity contribution in [2.45, 2.75) is 39.8 Å². The summed E-state index contributed by atoms with van der Waals surface area (Å²) in [6.45, 7) is 6.46. The molecule has 9 heteroatoms. The van der Waals surface area contributed by atoms with Gasteiger partial charge in [0.15, 0.2) is 17.3 Å². The molecule has 9 nitrogen and oxygen atoms in total. The van der Waals surface area contributed by atoms with E-state index in [0.717, 1.165) is 23.5 Å². The highest BCUT2D eigenvalue weighted by Crippen LogP contribution is 2.24. The number of rotatable bonds is 6. The molecule has 0 spiro atoms. The zero-order valence-corrected chi connectivity index (χ0v) is 15.5. The Morgan fingerprint density at radius 3 is 2.81 bits per heavy atom. The highest BCUT2D eigenvalue weighted by molar-refractivity contribution is 5.58. The van der Waals surface area contributed by atoms with E-state index in [1.54, 1.807) is 6.33 Å². The summed E-state index contributed by atoms with van der Waals surface area (Å²) in [7, 11) is 0. The molecule has 0 aliphatic carbocycles. The number of pyridine rings is 1. The SMILES string of the molecule is Cc1nc(-c2ccc3nnc(C(O)C(C)C)n3c2)n(CCc2cnc[nH]2)n1. The minimum absolute atomic E-state index is 0.0429. The topological polar surface area (TPSA) is 110 Å². The molecule has 1 atom stereocenters. The second kappa shape index (κ2) is 6.92. The number of imidazole rings is 1. The molecule has 0 aliphatic heterocycles. The van der Waals surface area contributed by atoms with Gasteiger partial charge in [0.1, 0.15) is 11.9 Å². The molecule has 4 aromatic rings. The Hall–Kier alpha value is -3.07. The zero-order chi connectivity index (χ0) is 19.0. The van der Waals surface area contributed by atoms with Crippen LogP contribution in [-0.4, -0.2) is 44.4 Å². The Balaban J connectivity index is 1.70. The summed E-state index contributed by atoms with van der Waals surface area (Å²) in [5.41, 5.74) is 2.63. The summed E-state index contributed by atoms with van der Waals surface area (Å²) in [5.74, 6) is 2.05. The maximum atomic E-state index is 10.4. The maximum Gasteiger partial charge on any atom is 0.166 e. The Morgan fingerprint density at radius 1 is 1.22 bits per heavy atom. The van der Waals surface area contributed by atoms with Gasteiger partial charge in [-0.1, -0.05) is 13.8 Å². The van der Waals surface area contributed by atoms with Gasteiger partial charge in [-0.2, -0.15) is 5.10 Å². The van der Waals surface area contributed by atoms with Gasteiger partial charge in [0, 0.05) is 36.6 Å². The Bertz CT molecular complexity index is 1050. The number of aromatic nitrogens is 8. The van der Waals surface area contributed by atoms with Gasteiger partial charge in [-0.3, -0.25) is 4.40 Å². The quantitative estimate of drug-likeness (QED) is 0.540. The molecule has 27 heavy (non-hydrogen) atoms. The van der Waals surface area contributed by atoms with Crippen molar-refractivity contribution in [1.82, 2.24) is 39.3 Å². The van der Waals surface area contributed by atoms with Gasteiger partial charge in [-0.15, -0.1) is 10.2 Å². The lowest BCUT2D eigenvalue weighted by Crippen LogP contribution is -2.10. The second-order valence-corrected chi connectivity index (χ2v) is 6.93. The second-order valence-electron chi connectivity index (χ2n) is 6.93. The molecule has 0 aromatic carbocycles. The van der Waals surface area contributed by atoms with Crippen molar-refractivity contribution in [1.29, 1.82) is 0 Å². The number of fused-ring (bicyclic) bond motifs is 1. The average molecular weight is 366 g/mol. The number of H-pyrrole nitrogens is 1. The first kappa shape index (κ1) is 17.3. The lowest BCUT2D eigenvalue weighted by molar-refractivity contribution is 0.116. The van der Waals surface area contributed by atoms with E-state index < -0.39 is 6.10 Å². The molecule has 0 aliphatic rings. The monoisotopic (exact) mass is 366 g/mol. The van der Waals surface area contributed by atoms with E-state index >= 15 is 0 Å². The van der Waals surface area contributed by atoms with Gasteiger partial charge in [-0.25, -0.2) is 14.6 Å². The van der Waals surface area contributed by atoms with E-state index in [9.17, 15) is 5.11 Å². The van der Waals surface area contributed by atoms with Gasteiger partial charge in [0.05, 0.1) is 6.33 Å². The van der Waals surface area contributed by atoms with Gasteiger partial charge in [0.2, 0.25) is 0 Å². The van der Waals surface area contributed by atoms with Crippen molar-refractivity contribution in [3.05, 3.63) is 48.2 Å². The lowest BCUT2D eigenvalue weighted by atomic mass is 10.1. The molecule has 4 rings (SSSR count). The van der Waals surface area contributed by atoms with Crippen LogP contribution >= 0.6 is 0 Å². The molecule has 0 fully saturated rings. The molecule has 1 unspecified atom stereocenters. The largest absolute Gasteiger partial charge is 0.385 e. The van der Waals surface area contributed by atoms with Crippen LogP contribution in [0.15, 0.2) is 30.9 Å². The van der Waals surface area contributed by atoms with Gasteiger partial charge >= 0.3 is 0 Å². The molecule has 0 saturated carbocycles. The van der Waals surface area contributed by atoms with Gasteiger partial charge in [-0.05, 0) is 25.0 Å². The highest BCUT2D eigenvalue weighted by Gasteiger charge is 2.20. The highest BCUT2D eigenvalue weighted by atomic mass is 16.3. The number of aryl methyl sites for hydroxylation is 3. The predicted molar refractivity (Wildman–Crippen MR) is 98.8 cm³/mol. The van der Waals surface area contributed by atoms with E-state index in [0.29, 0.717) is 23.8 Å². The van der Waals surface area contributed by atoms with Crippen LogP contribution in [0.5, 0.6) is 0 Å². The predicted octanol–water partition coefficient (Wildman–Crippen LogP) is 1.95. The Labute approximate surface area is 156 Å². The minimum atomic E-state index is -0.685. The average Bonchev–Trinajstić information content (AvgIpc) is 3.38. The molecule has 4 aromatic heterocycles. The summed E-state index contributed by atoms with van der Waals surface area (Å²) in [5, 5.41) is 23.3. The van der Waals surface area contributed by atoms with E-state index in [4.69, 9.17) is 0 Å². The molecule has 140 valence electrons. The van der Waals surface area contributed by atoms with Crippen molar-refractivity contribution in [3.63, 3.8) is 0 Å². The number of hydrogen-bond acceptors (Lipinski definition) is 6. The van der Waals surface area contributed by atoms with Crippen LogP contribution in [-0.2, 0) is 13.0 Å². The number of aliphatic hydroxyl groups is 1. The van der Waals surface area contributed by atoms with Crippen LogP contribution in [0.2, 0.25) is 0 Å². The summed E-state index contributed by atoms with van der Waals surface area (Å²) in [6, 6.07) is 3.83. The van der Waals surface area contributed by atoms with Crippen molar-refractivity contribution in [3.8, 4) is 11.4 Å². The van der Waals surface area contributed by atoms with Crippen LogP contribution in [0, 0.1) is 12.8 Å². The fraction of sp³-hybridized carbons (Fsp3) is 0.389. The smallest absolute Gasteiger partial charge is 0.166 e. The van der Waals surface area contributed by atoms with Crippen LogP contribution < -0.4 is 0 Å². The van der Waals surface area contributed by atoms with E-state index in [-0.39, 0.29) is 5.92 Å². The number of nitrogens with zero attached hydrogens (tertiary/aromatic N) is 7. The molecule has 2 N–H and O–H groups in total. The molecule has 0 radical (unpaired) electrons. The number of nitrogens with one attached hydrogen (secondary N) is 1. The third-order valence-electron chi connectivity index (χ3n) is 4.51. The molecule has 0 amide bonds. The summed E-state index contributed by atoms with van der Waals surface area (Å²) < 4.78 is 3.71. The van der Waals surface area contributed by atoms with E-state index in [2.05, 4.69) is 30.2 Å². The van der Waals surface area contributed by atoms with Gasteiger partial charge < -0.3 is 10.1 Å². The third-order valence-corrected chi connectivity index (χ3v) is 4.51. The maximum absolute atomic E-state index is 10.4. The van der Waals surface area contributed by atoms with Crippen LogP contribution in [0.3, 0.4) is 0 Å². The molecule has 0 saturated heterocycles. The first-order valence-electron chi connectivity index (χ1n) is 8.94. The standard InChI is InChI=1S/C18H22N8O/c1-11(2)16(27)18-23-22-15-5-4-13(9-25(15)18)17-21-12(3)24-26(17)7-6-14-8-19-10-20-14/h4-5,8-11,16,27H,6-7H2,1-3H3,(H,19,20). The fourth-order valence-corrected chi connectivity index (χ4v) is 3.01. The van der Waals surface area contributed by atoms with Crippen LogP contribution in [0.25, 0.3) is 17.0 Å². The first-order valence-corrected chi connectivity index (χ1v) is 8.94. The molecular formula is C18H22N8O. The number of hydrogen-bond donors (Lipinski definition) is 2. The van der Waals surface area contributed by atoms with Crippen molar-refractivity contribution in [2.24, 2.45) is 5.92 Å². The Morgan fingerprint density at radius 2 is 2.07 bits per heavy atom. The fourth-order valence-electron chi connectivity index (χ4n) is 3.01. The zero-order valence-electron chi connectivity index (χ0n) is 15.5. The van der Waals surface area contributed by atoms with E-state index in [1.807, 2.05) is 54.4 Å². The van der Waals surface area contributed by atoms with Crippen LogP contribution in [0.1, 0.15) is 37.3 Å². The Kier molecular flexibility index (Phi) is 4.44. The first-order chi connectivity index (χ1) is 13.0. The van der Waals surface area contributed by atoms with Gasteiger partial charge in [0.25, 0.3) is 0 Å². The van der Waals surface area contributed by atoms with Crippen LogP contribution in [0.4, 0.5) is 0 Å². The number of aliphatic hydroxyl groups excluding tert-OH is 1. The lowest BCUT2D eigenvalue weighted by Gasteiger charge is -2.12. The molecule has 4 heterocycles. The summed E-state index contributed by atoms with van der Waals surface area (Å²) in [4.78, 5) is 11.7. The van der Waals surface area contributed by atoms with E-state index in [1.165, 1.54) is 0 Å². The van der Waals surface area contributed by atoms with Crippen molar-refractivity contribution < 1.29 is 5.11 Å². The summed E-state index contributed by atoms with van der Waals surface area (Å²) in [6.07, 6.45) is 5.49. The normalized spacial score (nSPS) is 12.9. The summed E-state index contributed by atoms with van der Waals surface area (Å²) >= 11 is 0. The molecular weight excluding hydrogens is 344 g/mol. The number of aromatic amines is 1. The van der Waals surface area contributed by atoms with Crippen molar-refractivity contribution in [2.75, 3.05) is 0 Å². The minimum Gasteiger partial charge on any atom is -0.385 e.